The number of nitrogens with two attached hydrogens (primary N) is 6. The fraction of sp³-hybridized carbons (Fsp3) is 0.242. The number of carboxylic acids is 1. The smallest absolute Gasteiger partial charge is 0.407 e. The molecule has 0 aliphatic heterocycles. The first-order valence-corrected chi connectivity index (χ1v) is 43.8. The van der Waals surface area contributed by atoms with Gasteiger partial charge in [-0.05, 0) is 208 Å². The van der Waals surface area contributed by atoms with Gasteiger partial charge in [0.15, 0.2) is 82.5 Å². The molecule has 0 spiro atoms. The van der Waals surface area contributed by atoms with Crippen LogP contribution in [0.4, 0.5) is 49.9 Å². The molecule has 702 valence electrons. The number of amidine groups is 1. The number of aromatic nitrogens is 4. The van der Waals surface area contributed by atoms with Gasteiger partial charge in [0.1, 0.15) is 36.2 Å². The third kappa shape index (κ3) is 45.2. The maximum Gasteiger partial charge on any atom is 0.407 e. The number of carboxylic acid groups (broad SMARTS) is 1. The lowest BCUT2D eigenvalue weighted by atomic mass is 10.1. The van der Waals surface area contributed by atoms with Crippen LogP contribution in [0.5, 0.6) is 23.0 Å². The minimum atomic E-state index is -0.996. The Morgan fingerprint density at radius 3 is 1.03 bits per heavy atom. The molecule has 38 heteroatoms. The zero-order valence-corrected chi connectivity index (χ0v) is 77.8. The molecule has 2 aromatic heterocycles. The summed E-state index contributed by atoms with van der Waals surface area (Å²) in [6.45, 7) is 2.38. The van der Waals surface area contributed by atoms with Crippen LogP contribution in [0.15, 0.2) is 254 Å². The molecular weight excluding hydrogens is 1880 g/mol. The molecule has 0 saturated carbocycles. The Hall–Kier alpha value is -14.3. The lowest BCUT2D eigenvalue weighted by molar-refractivity contribution is -0.139. The van der Waals surface area contributed by atoms with E-state index in [9.17, 15) is 38.4 Å². The summed E-state index contributed by atoms with van der Waals surface area (Å²) in [4.78, 5) is 112. The molecule has 0 aliphatic carbocycles. The summed E-state index contributed by atoms with van der Waals surface area (Å²) in [6, 6.07) is 77.4. The normalized spacial score (nSPS) is 10.3. The van der Waals surface area contributed by atoms with Crippen LogP contribution in [0, 0.1) is 5.41 Å². The minimum absolute atomic E-state index is 0. The third-order valence-corrected chi connectivity index (χ3v) is 19.1. The Labute approximate surface area is 802 Å². The van der Waals surface area contributed by atoms with E-state index in [4.69, 9.17) is 96.5 Å². The second-order valence-electron chi connectivity index (χ2n) is 28.4. The number of carbonyl (C=O) groups excluding carboxylic acids is 7. The molecule has 34 nitrogen and oxygen atoms in total. The van der Waals surface area contributed by atoms with E-state index in [0.29, 0.717) is 42.6 Å². The number of aryl methyl sites for hydroxylation is 4. The van der Waals surface area contributed by atoms with Gasteiger partial charge in [-0.15, -0.1) is 24.0 Å². The summed E-state index contributed by atoms with van der Waals surface area (Å²) >= 11 is 12.5. The van der Waals surface area contributed by atoms with Gasteiger partial charge in [0.25, 0.3) is 29.5 Å². The van der Waals surface area contributed by atoms with E-state index in [1.807, 2.05) is 237 Å². The predicted octanol–water partition coefficient (Wildman–Crippen LogP) is 14.7. The molecule has 7 amide bonds. The molecule has 11 aromatic rings. The monoisotopic (exact) mass is 1990 g/mol. The lowest BCUT2D eigenvalue weighted by Gasteiger charge is -2.09. The number of nitrogens with zero attached hydrogens (tertiary/aromatic N) is 5. The van der Waals surface area contributed by atoms with Crippen molar-refractivity contribution >= 4 is 158 Å². The number of benzene rings is 9. The number of anilines is 7. The van der Waals surface area contributed by atoms with Crippen LogP contribution >= 0.6 is 58.9 Å². The summed E-state index contributed by atoms with van der Waals surface area (Å²) < 4.78 is 32.0. The zero-order chi connectivity index (χ0) is 94.9. The van der Waals surface area contributed by atoms with Crippen molar-refractivity contribution in [2.75, 3.05) is 97.7 Å². The van der Waals surface area contributed by atoms with Crippen LogP contribution in [0.3, 0.4) is 0 Å². The zero-order valence-electron chi connectivity index (χ0n) is 73.2. The molecule has 0 bridgehead atoms. The van der Waals surface area contributed by atoms with Crippen molar-refractivity contribution in [2.45, 2.75) is 90.3 Å². The van der Waals surface area contributed by atoms with E-state index >= 15 is 0 Å². The van der Waals surface area contributed by atoms with Gasteiger partial charge in [-0.25, -0.2) is 34.3 Å². The number of aliphatic imine (C=N–C) groups is 1. The lowest BCUT2D eigenvalue weighted by Crippen LogP contribution is -2.38. The summed E-state index contributed by atoms with van der Waals surface area (Å²) in [6.07, 6.45) is 11.8. The molecule has 2 heterocycles. The highest BCUT2D eigenvalue weighted by atomic mass is 127. The van der Waals surface area contributed by atoms with Gasteiger partial charge < -0.3 is 99.8 Å². The molecule has 0 fully saturated rings. The predicted molar refractivity (Wildman–Crippen MR) is 530 cm³/mol. The van der Waals surface area contributed by atoms with Gasteiger partial charge in [0, 0.05) is 36.7 Å². The van der Waals surface area contributed by atoms with Gasteiger partial charge in [0.2, 0.25) is 0 Å². The SMILES string of the molecule is CSC(=N)NC(=O)c1nc(Cl)c(N)nc1N.I.NC(=NCCCCc1ccc(OCC(=O)Nc2ccccc2)cc1)NC(=O)c1nc(Cl)c(N)nc1N.NCCCCc1ccc(OCC(=O)Nc2ccccc2)cc1.O=C(COc1ccc(CCCCNC(=O)OCc2ccccc2)cc1)Nc1ccccc1.O=C(O)COc1ccc(CCCCNC(=O)OCc2ccccc2)cc1. The van der Waals surface area contributed by atoms with Gasteiger partial charge >= 0.3 is 18.2 Å². The number of nitrogen functional groups attached to an aromatic ring is 4. The second-order valence-corrected chi connectivity index (χ2v) is 30.0. The van der Waals surface area contributed by atoms with E-state index in [1.54, 1.807) is 18.4 Å². The van der Waals surface area contributed by atoms with Crippen molar-refractivity contribution in [3.05, 3.63) is 304 Å². The topological polar surface area (TPSA) is 540 Å². The van der Waals surface area contributed by atoms with Crippen LogP contribution in [0.2, 0.25) is 10.3 Å². The van der Waals surface area contributed by atoms with Crippen LogP contribution in [0.1, 0.15) is 106 Å². The first-order chi connectivity index (χ1) is 63.9. The number of hydrogen-bond donors (Lipinski definition) is 15. The molecule has 9 aromatic carbocycles. The Bertz CT molecular complexity index is 5420. The first kappa shape index (κ1) is 107. The van der Waals surface area contributed by atoms with E-state index in [-0.39, 0.29) is 137 Å². The number of hydrogen-bond acceptors (Lipinski definition) is 26. The van der Waals surface area contributed by atoms with Crippen LogP contribution in [-0.2, 0) is 67.5 Å². The first-order valence-electron chi connectivity index (χ1n) is 41.8. The maximum absolute atomic E-state index is 12.2. The highest BCUT2D eigenvalue weighted by molar-refractivity contribution is 14.0. The van der Waals surface area contributed by atoms with Crippen molar-refractivity contribution < 1.29 is 71.9 Å². The number of para-hydroxylation sites is 3. The number of rotatable bonds is 40. The number of aliphatic carboxylic acids is 1. The summed E-state index contributed by atoms with van der Waals surface area (Å²) in [7, 11) is 0. The Kier molecular flexibility index (Phi) is 50.1. The average Bonchev–Trinajstić information content (AvgIpc) is 0.837. The Morgan fingerprint density at radius 2 is 0.707 bits per heavy atom. The fourth-order valence-electron chi connectivity index (χ4n) is 11.4. The highest BCUT2D eigenvalue weighted by Crippen LogP contribution is 2.23. The third-order valence-electron chi connectivity index (χ3n) is 18.1. The average molecular weight is 1990 g/mol. The van der Waals surface area contributed by atoms with Crippen molar-refractivity contribution in [3.8, 4) is 23.0 Å². The van der Waals surface area contributed by atoms with Crippen molar-refractivity contribution in [2.24, 2.45) is 16.5 Å². The largest absolute Gasteiger partial charge is 0.484 e. The van der Waals surface area contributed by atoms with Gasteiger partial charge in [-0.1, -0.05) is 199 Å². The quantitative estimate of drug-likeness (QED) is 0.00734. The van der Waals surface area contributed by atoms with Crippen molar-refractivity contribution in [3.63, 3.8) is 0 Å². The highest BCUT2D eigenvalue weighted by Gasteiger charge is 2.19. The molecule has 0 radical (unpaired) electrons. The number of ether oxygens (including phenoxy) is 6. The molecule has 0 saturated heterocycles. The number of thioether (sulfide) groups is 1. The standard InChI is InChI=1S/C26H28N2O4.C24H27ClN8O3.C20H23NO5.C18H22N2O2.C7H9ClN6OS.HI/c29-25(28-23-12-5-2-6-13-23)20-31-24-16-14-21(15-17-24)9-7-8-18-27-26(30)32-19-22-10-3-1-4-11-22;25-20-22(27)32-21(26)19(31-20)23(35)33-24(28)29-13-5-4-6-15-9-11-17(12-10-15)36-14-18(34)30-16-7-2-1-3-8-16;22-19(23)15-25-18-11-9-16(10-12-18)6-4-5-13-21-20(24)26-14-17-7-2-1-3-8-17;19-13-5-4-6-15-9-11-17(12-10-15)22-14-18(21)20-16-7-2-1-3-8-16;1-16-7(11)14-6(15)2-4(9)13-5(10)3(8)12-2;/h1-6,10-17H,7-9,18-20H2,(H,27,30)(H,28,29);1-3,7-12H,4-6,13-14H2,(H,30,34)(H4,26,27,32)(H3,28,29,33,35);1-3,7-12H,4-6,13-15H2,(H,21,24)(H,22,23);1-3,7-12H,4-6,13-14,19H2,(H,20,21);1H3,(H4,9,10,13)(H2,11,14,15);1H. The molecule has 0 atom stereocenters. The number of carbonyl (C=O) groups is 8. The van der Waals surface area contributed by atoms with E-state index < -0.39 is 30.0 Å². The fourth-order valence-corrected chi connectivity index (χ4v) is 11.8. The van der Waals surface area contributed by atoms with E-state index in [1.165, 1.54) is 11.1 Å². The molecule has 0 aliphatic rings. The van der Waals surface area contributed by atoms with E-state index in [2.05, 4.69) is 62.1 Å². The molecule has 0 unspecified atom stereocenters. The summed E-state index contributed by atoms with van der Waals surface area (Å²) in [5, 5.41) is 34.1. The van der Waals surface area contributed by atoms with E-state index in [0.717, 1.165) is 135 Å². The number of unbranched alkanes of at least 4 members (excludes halogenated alkanes) is 4. The number of guanidine groups is 1. The maximum atomic E-state index is 12.2. The number of halogens is 3. The Balaban J connectivity index is 0.000000261. The molecule has 133 heavy (non-hydrogen) atoms. The van der Waals surface area contributed by atoms with Crippen LogP contribution in [0.25, 0.3) is 0 Å². The van der Waals surface area contributed by atoms with Crippen LogP contribution < -0.4 is 90.6 Å². The van der Waals surface area contributed by atoms with Crippen LogP contribution in [-0.4, -0.2) is 143 Å². The molecule has 11 rings (SSSR count). The van der Waals surface area contributed by atoms with Gasteiger partial charge in [-0.2, -0.15) is 0 Å². The van der Waals surface area contributed by atoms with Crippen molar-refractivity contribution in [1.82, 2.24) is 41.2 Å². The molecular formula is C95H110Cl2IN19O15S. The minimum Gasteiger partial charge on any atom is -0.484 e. The number of alkyl carbamates (subject to hydrolysis) is 2. The van der Waals surface area contributed by atoms with Gasteiger partial charge in [0.05, 0.1) is 0 Å². The van der Waals surface area contributed by atoms with Gasteiger partial charge in [-0.3, -0.25) is 39.7 Å². The number of nitrogens with one attached hydrogen (secondary N) is 8. The second kappa shape index (κ2) is 62.0. The van der Waals surface area contributed by atoms with Crippen molar-refractivity contribution in [1.29, 1.82) is 5.41 Å². The number of amides is 7. The molecule has 21 N–H and O–H groups in total. The Morgan fingerprint density at radius 1 is 0.398 bits per heavy atom. The summed E-state index contributed by atoms with van der Waals surface area (Å²) in [5.41, 5.74) is 41.7. The summed E-state index contributed by atoms with van der Waals surface area (Å²) in [5.74, 6) is -0.875.